The average molecular weight is 899 g/mol. The molecule has 4 nitrogen and oxygen atoms in total. The smallest absolute Gasteiger partial charge is 0.147 e. The first-order valence-corrected chi connectivity index (χ1v) is 21.5. The molecule has 0 fully saturated rings. The highest BCUT2D eigenvalue weighted by Crippen LogP contribution is 2.42. The molecule has 13 rings (SSSR count). The van der Waals surface area contributed by atoms with Crippen molar-refractivity contribution in [2.24, 2.45) is 0 Å². The second-order valence-corrected chi connectivity index (χ2v) is 16.5. The lowest BCUT2D eigenvalue weighted by atomic mass is 9.93. The van der Waals surface area contributed by atoms with Crippen molar-refractivity contribution < 1.29 is 0 Å². The van der Waals surface area contributed by atoms with Gasteiger partial charge >= 0.3 is 0 Å². The van der Waals surface area contributed by atoms with Crippen LogP contribution in [0, 0.1) is 0 Å². The van der Waals surface area contributed by atoms with E-state index in [1.807, 2.05) is 42.5 Å². The summed E-state index contributed by atoms with van der Waals surface area (Å²) < 4.78 is 4.52. The van der Waals surface area contributed by atoms with Gasteiger partial charge in [0.1, 0.15) is 11.5 Å². The zero-order chi connectivity index (χ0) is 40.2. The number of halogens is 2. The van der Waals surface area contributed by atoms with Crippen molar-refractivity contribution in [2.45, 2.75) is 0 Å². The van der Waals surface area contributed by atoms with Crippen LogP contribution in [-0.4, -0.2) is 19.4 Å². The topological polar surface area (TPSA) is 46.0 Å². The number of hydrogen-bond donors (Lipinski definition) is 1. The summed E-state index contributed by atoms with van der Waals surface area (Å²) in [6.45, 7) is 0. The third-order valence-electron chi connectivity index (χ3n) is 11.4. The summed E-state index contributed by atoms with van der Waals surface area (Å²) in [5.74, 6) is 0.924. The van der Waals surface area contributed by atoms with Gasteiger partial charge < -0.3 is 4.98 Å². The third kappa shape index (κ3) is 6.10. The molecule has 0 saturated carbocycles. The van der Waals surface area contributed by atoms with Gasteiger partial charge in [0.25, 0.3) is 0 Å². The van der Waals surface area contributed by atoms with Gasteiger partial charge in [0.05, 0.1) is 27.6 Å². The normalized spacial score (nSPS) is 11.5. The first-order valence-electron chi connectivity index (χ1n) is 19.9. The van der Waals surface area contributed by atoms with Gasteiger partial charge in [0, 0.05) is 30.7 Å². The van der Waals surface area contributed by atoms with E-state index >= 15 is 0 Å². The molecular weight excluding hydrogens is 864 g/mol. The Kier molecular flexibility index (Phi) is 9.10. The zero-order valence-electron chi connectivity index (χ0n) is 32.2. The minimum atomic E-state index is 0.924. The van der Waals surface area contributed by atoms with Gasteiger partial charge in [-0.3, -0.25) is 4.40 Å². The molecule has 0 aliphatic heterocycles. The molecule has 0 radical (unpaired) electrons. The van der Waals surface area contributed by atoms with Crippen molar-refractivity contribution in [1.82, 2.24) is 19.4 Å². The third-order valence-corrected chi connectivity index (χ3v) is 13.3. The summed E-state index contributed by atoms with van der Waals surface area (Å²) >= 11 is 6.70. The van der Waals surface area contributed by atoms with Crippen molar-refractivity contribution in [2.75, 3.05) is 0 Å². The van der Waals surface area contributed by atoms with Gasteiger partial charge in [0.2, 0.25) is 0 Å². The number of nitrogens with one attached hydrogen (secondary N) is 1. The van der Waals surface area contributed by atoms with E-state index in [1.165, 1.54) is 64.8 Å². The second kappa shape index (κ2) is 15.1. The summed E-state index contributed by atoms with van der Waals surface area (Å²) in [6.07, 6.45) is 0. The van der Waals surface area contributed by atoms with Crippen LogP contribution in [-0.2, 0) is 0 Å². The Labute approximate surface area is 362 Å². The van der Waals surface area contributed by atoms with Crippen LogP contribution in [0.5, 0.6) is 0 Å². The van der Waals surface area contributed by atoms with Crippen LogP contribution in [0.15, 0.2) is 209 Å². The average Bonchev–Trinajstić information content (AvgIpc) is 3.93. The van der Waals surface area contributed by atoms with Crippen LogP contribution < -0.4 is 0 Å². The number of imidazole rings is 2. The maximum atomic E-state index is 5.11. The van der Waals surface area contributed by atoms with E-state index < -0.39 is 0 Å². The fourth-order valence-electron chi connectivity index (χ4n) is 8.74. The molecule has 10 aromatic carbocycles. The summed E-state index contributed by atoms with van der Waals surface area (Å²) in [4.78, 5) is 13.4. The Morgan fingerprint density at radius 2 is 0.867 bits per heavy atom. The molecule has 60 heavy (non-hydrogen) atoms. The lowest BCUT2D eigenvalue weighted by Gasteiger charge is -2.14. The molecule has 0 atom stereocenters. The fourth-order valence-corrected chi connectivity index (χ4v) is 9.31. The van der Waals surface area contributed by atoms with Gasteiger partial charge in [-0.05, 0) is 123 Å². The standard InChI is InChI=1S/C27H16N2.C21H14N2.C6H4Br2/c1-3-11-19-17(9-1)18-10-2-4-12-20(18)26-25(19)21-13-5-7-15-23(21)29-24-16-8-6-14-22(24)28-27(26)29;1-2-8-15-14(7-1)13-18(17-10-4-3-9-16(15)17)21-22-19-11-5-6-12-20(19)23-21;7-5-3-1-2-4-6(5)8/h1-16H;1-13H,(H,22,23);1-4H. The highest BCUT2D eigenvalue weighted by atomic mass is 79.9. The highest BCUT2D eigenvalue weighted by molar-refractivity contribution is 9.13. The van der Waals surface area contributed by atoms with Gasteiger partial charge in [-0.15, -0.1) is 0 Å². The number of pyridine rings is 1. The van der Waals surface area contributed by atoms with E-state index in [0.717, 1.165) is 48.0 Å². The van der Waals surface area contributed by atoms with Crippen LogP contribution in [0.4, 0.5) is 0 Å². The van der Waals surface area contributed by atoms with Gasteiger partial charge in [0.15, 0.2) is 0 Å². The highest BCUT2D eigenvalue weighted by Gasteiger charge is 2.18. The molecule has 0 bridgehead atoms. The molecule has 0 aliphatic carbocycles. The van der Waals surface area contributed by atoms with E-state index in [0.29, 0.717) is 0 Å². The minimum Gasteiger partial charge on any atom is -0.338 e. The fraction of sp³-hybridized carbons (Fsp3) is 0. The molecule has 6 heteroatoms. The Morgan fingerprint density at radius 3 is 1.53 bits per heavy atom. The number of hydrogen-bond acceptors (Lipinski definition) is 2. The quantitative estimate of drug-likeness (QED) is 0.167. The van der Waals surface area contributed by atoms with E-state index in [9.17, 15) is 0 Å². The molecule has 0 unspecified atom stereocenters. The molecule has 0 saturated heterocycles. The molecule has 0 spiro atoms. The monoisotopic (exact) mass is 896 g/mol. The number of benzene rings is 10. The number of aromatic nitrogens is 4. The van der Waals surface area contributed by atoms with E-state index in [-0.39, 0.29) is 0 Å². The summed E-state index contributed by atoms with van der Waals surface area (Å²) in [5, 5.41) is 13.9. The van der Waals surface area contributed by atoms with Crippen LogP contribution in [0.1, 0.15) is 0 Å². The van der Waals surface area contributed by atoms with Crippen LogP contribution in [0.3, 0.4) is 0 Å². The number of fused-ring (bicyclic) bond motifs is 17. The van der Waals surface area contributed by atoms with Crippen molar-refractivity contribution in [1.29, 1.82) is 0 Å². The van der Waals surface area contributed by atoms with E-state index in [4.69, 9.17) is 9.97 Å². The number of para-hydroxylation sites is 5. The number of H-pyrrole nitrogens is 1. The number of rotatable bonds is 1. The van der Waals surface area contributed by atoms with Crippen molar-refractivity contribution in [3.8, 4) is 11.4 Å². The SMILES string of the molecule is Brc1ccccc1Br.c1ccc2c(c1)cc(-c1nc3ccccc3[nH]1)c1ccccc12.c1ccc2c(c1)nc1c3c4ccccc4c4ccccc4c3c3ccccc3n21. The molecule has 3 aromatic heterocycles. The summed E-state index contributed by atoms with van der Waals surface area (Å²) in [7, 11) is 0. The van der Waals surface area contributed by atoms with Gasteiger partial charge in [-0.1, -0.05) is 152 Å². The van der Waals surface area contributed by atoms with Crippen LogP contribution in [0.2, 0.25) is 0 Å². The van der Waals surface area contributed by atoms with E-state index in [1.54, 1.807) is 0 Å². The summed E-state index contributed by atoms with van der Waals surface area (Å²) in [5.41, 5.74) is 7.63. The molecule has 284 valence electrons. The molecule has 0 aliphatic rings. The van der Waals surface area contributed by atoms with Crippen LogP contribution in [0.25, 0.3) is 104 Å². The van der Waals surface area contributed by atoms with Crippen molar-refractivity contribution in [3.05, 3.63) is 209 Å². The van der Waals surface area contributed by atoms with Crippen molar-refractivity contribution >= 4 is 124 Å². The molecule has 1 N–H and O–H groups in total. The van der Waals surface area contributed by atoms with Gasteiger partial charge in [-0.2, -0.15) is 0 Å². The Hall–Kier alpha value is -6.86. The molecule has 13 aromatic rings. The first-order chi connectivity index (χ1) is 29.6. The van der Waals surface area contributed by atoms with Crippen LogP contribution >= 0.6 is 31.9 Å². The van der Waals surface area contributed by atoms with E-state index in [2.05, 4.69) is 199 Å². The summed E-state index contributed by atoms with van der Waals surface area (Å²) in [6, 6.07) is 70.0. The lowest BCUT2D eigenvalue weighted by molar-refractivity contribution is 1.32. The second-order valence-electron chi connectivity index (χ2n) is 14.8. The number of nitrogens with zero attached hydrogens (tertiary/aromatic N) is 3. The Morgan fingerprint density at radius 1 is 0.383 bits per heavy atom. The Bertz CT molecular complexity index is 3720. The molecular formula is C54H34Br2N4. The predicted molar refractivity (Wildman–Crippen MR) is 261 cm³/mol. The molecule has 3 heterocycles. The zero-order valence-corrected chi connectivity index (χ0v) is 35.3. The number of aromatic amines is 1. The van der Waals surface area contributed by atoms with Crippen molar-refractivity contribution in [3.63, 3.8) is 0 Å². The molecule has 0 amide bonds. The maximum absolute atomic E-state index is 5.11. The predicted octanol–water partition coefficient (Wildman–Crippen LogP) is 15.8. The Balaban J connectivity index is 0.000000117. The minimum absolute atomic E-state index is 0.924. The van der Waals surface area contributed by atoms with Gasteiger partial charge in [-0.25, -0.2) is 9.97 Å². The maximum Gasteiger partial charge on any atom is 0.147 e. The largest absolute Gasteiger partial charge is 0.338 e. The first kappa shape index (κ1) is 36.2. The lowest BCUT2D eigenvalue weighted by Crippen LogP contribution is -1.93.